The maximum Gasteiger partial charge on any atom is 0.410 e. The largest absolute Gasteiger partial charge is 0.444 e. The Morgan fingerprint density at radius 2 is 1.88 bits per heavy atom. The third kappa shape index (κ3) is 6.63. The van der Waals surface area contributed by atoms with Gasteiger partial charge in [0.15, 0.2) is 0 Å². The van der Waals surface area contributed by atoms with E-state index in [9.17, 15) is 14.0 Å². The van der Waals surface area contributed by atoms with Crippen LogP contribution in [0.15, 0.2) is 30.3 Å². The van der Waals surface area contributed by atoms with Crippen LogP contribution in [-0.4, -0.2) is 42.1 Å². The second kappa shape index (κ2) is 11.1. The molecule has 3 rings (SSSR count). The summed E-state index contributed by atoms with van der Waals surface area (Å²) >= 11 is 6.52. The molecule has 1 aliphatic rings. The van der Waals surface area contributed by atoms with Crippen LogP contribution in [0.4, 0.5) is 14.9 Å². The molecule has 0 fully saturated rings. The van der Waals surface area contributed by atoms with E-state index in [-0.39, 0.29) is 11.7 Å². The molecule has 0 unspecified atom stereocenters. The Morgan fingerprint density at radius 3 is 2.56 bits per heavy atom. The molecule has 2 amide bonds. The first-order chi connectivity index (χ1) is 16.1. The summed E-state index contributed by atoms with van der Waals surface area (Å²) in [6.45, 7) is 9.44. The van der Waals surface area contributed by atoms with E-state index in [1.165, 1.54) is 12.1 Å². The van der Waals surface area contributed by atoms with Crippen molar-refractivity contribution in [2.45, 2.75) is 59.1 Å². The van der Waals surface area contributed by atoms with Gasteiger partial charge in [-0.2, -0.15) is 0 Å². The molecule has 1 aliphatic heterocycles. The number of fused-ring (bicyclic) bond motifs is 1. The van der Waals surface area contributed by atoms with Crippen LogP contribution in [-0.2, 0) is 24.1 Å². The Bertz CT molecular complexity index is 1050. The summed E-state index contributed by atoms with van der Waals surface area (Å²) in [6, 6.07) is 8.44. The zero-order chi connectivity index (χ0) is 24.9. The molecule has 0 radical (unpaired) electrons. The highest BCUT2D eigenvalue weighted by atomic mass is 35.5. The normalized spacial score (nSPS) is 13.6. The van der Waals surface area contributed by atoms with Crippen molar-refractivity contribution in [3.63, 3.8) is 0 Å². The minimum Gasteiger partial charge on any atom is -0.444 e. The summed E-state index contributed by atoms with van der Waals surface area (Å²) in [5, 5.41) is 6.60. The lowest BCUT2D eigenvalue weighted by Crippen LogP contribution is -2.38. The summed E-state index contributed by atoms with van der Waals surface area (Å²) in [5.74, 6) is -0.969. The van der Waals surface area contributed by atoms with Crippen molar-refractivity contribution < 1.29 is 18.7 Å². The SMILES string of the molecule is CCCNC(=O)c1ccc(CNc2c(Cl)ccc3c2CCN(C(=O)OC(C)(C)C)CC3)cc1F. The van der Waals surface area contributed by atoms with E-state index in [1.54, 1.807) is 11.0 Å². The average molecular weight is 490 g/mol. The van der Waals surface area contributed by atoms with Crippen LogP contribution >= 0.6 is 11.6 Å². The number of halogens is 2. The first kappa shape index (κ1) is 25.8. The van der Waals surface area contributed by atoms with Crippen molar-refractivity contribution in [1.29, 1.82) is 0 Å². The minimum atomic E-state index is -0.557. The topological polar surface area (TPSA) is 70.7 Å². The molecule has 0 saturated carbocycles. The van der Waals surface area contributed by atoms with Crippen LogP contribution in [0.3, 0.4) is 0 Å². The Kier molecular flexibility index (Phi) is 8.42. The van der Waals surface area contributed by atoms with Gasteiger partial charge in [0.1, 0.15) is 11.4 Å². The van der Waals surface area contributed by atoms with Gasteiger partial charge in [0.05, 0.1) is 16.3 Å². The average Bonchev–Trinajstić information content (AvgIpc) is 2.98. The van der Waals surface area contributed by atoms with Crippen molar-refractivity contribution >= 4 is 29.3 Å². The van der Waals surface area contributed by atoms with Gasteiger partial charge in [0.25, 0.3) is 5.91 Å². The fourth-order valence-electron chi connectivity index (χ4n) is 3.87. The highest BCUT2D eigenvalue weighted by molar-refractivity contribution is 6.33. The third-order valence-electron chi connectivity index (χ3n) is 5.58. The summed E-state index contributed by atoms with van der Waals surface area (Å²) < 4.78 is 20.1. The predicted octanol–water partition coefficient (Wildman–Crippen LogP) is 5.57. The van der Waals surface area contributed by atoms with Gasteiger partial charge in [-0.15, -0.1) is 0 Å². The number of amides is 2. The number of benzene rings is 2. The summed E-state index contributed by atoms with van der Waals surface area (Å²) in [6.07, 6.45) is 1.78. The first-order valence-electron chi connectivity index (χ1n) is 11.7. The number of nitrogens with zero attached hydrogens (tertiary/aromatic N) is 1. The van der Waals surface area contributed by atoms with Gasteiger partial charge in [0.2, 0.25) is 0 Å². The maximum atomic E-state index is 14.5. The Balaban J connectivity index is 1.71. The molecular formula is C26H33ClFN3O3. The van der Waals surface area contributed by atoms with Gasteiger partial charge in [-0.05, 0) is 74.9 Å². The van der Waals surface area contributed by atoms with Crippen LogP contribution in [0.1, 0.15) is 61.2 Å². The monoisotopic (exact) mass is 489 g/mol. The molecule has 1 heterocycles. The molecule has 6 nitrogen and oxygen atoms in total. The Hall–Kier alpha value is -2.80. The molecule has 0 aromatic heterocycles. The van der Waals surface area contributed by atoms with E-state index in [2.05, 4.69) is 10.6 Å². The molecule has 0 saturated heterocycles. The number of rotatable bonds is 6. The van der Waals surface area contributed by atoms with E-state index >= 15 is 0 Å². The second-order valence-corrected chi connectivity index (χ2v) is 9.86. The zero-order valence-electron chi connectivity index (χ0n) is 20.3. The van der Waals surface area contributed by atoms with E-state index in [1.807, 2.05) is 39.8 Å². The number of hydrogen-bond donors (Lipinski definition) is 2. The lowest BCUT2D eigenvalue weighted by molar-refractivity contribution is 0.0258. The summed E-state index contributed by atoms with van der Waals surface area (Å²) in [7, 11) is 0. The van der Waals surface area contributed by atoms with E-state index in [0.29, 0.717) is 49.6 Å². The van der Waals surface area contributed by atoms with Crippen molar-refractivity contribution in [1.82, 2.24) is 10.2 Å². The smallest absolute Gasteiger partial charge is 0.410 e. The van der Waals surface area contributed by atoms with Crippen LogP contribution in [0.2, 0.25) is 5.02 Å². The molecule has 34 heavy (non-hydrogen) atoms. The summed E-state index contributed by atoms with van der Waals surface area (Å²) in [5.41, 5.74) is 3.14. The van der Waals surface area contributed by atoms with Crippen LogP contribution < -0.4 is 10.6 Å². The molecule has 0 bridgehead atoms. The third-order valence-corrected chi connectivity index (χ3v) is 5.89. The maximum absolute atomic E-state index is 14.5. The first-order valence-corrected chi connectivity index (χ1v) is 12.1. The fraction of sp³-hybridized carbons (Fsp3) is 0.462. The molecule has 2 aromatic carbocycles. The molecule has 2 aromatic rings. The highest BCUT2D eigenvalue weighted by Gasteiger charge is 2.25. The van der Waals surface area contributed by atoms with Gasteiger partial charge in [-0.3, -0.25) is 4.79 Å². The van der Waals surface area contributed by atoms with Gasteiger partial charge < -0.3 is 20.3 Å². The van der Waals surface area contributed by atoms with E-state index in [0.717, 1.165) is 23.2 Å². The predicted molar refractivity (Wildman–Crippen MR) is 133 cm³/mol. The van der Waals surface area contributed by atoms with Crippen LogP contribution in [0.25, 0.3) is 0 Å². The molecule has 8 heteroatoms. The Morgan fingerprint density at radius 1 is 1.15 bits per heavy atom. The van der Waals surface area contributed by atoms with Gasteiger partial charge in [0, 0.05) is 26.2 Å². The molecule has 184 valence electrons. The number of carbonyl (C=O) groups is 2. The second-order valence-electron chi connectivity index (χ2n) is 9.45. The lowest BCUT2D eigenvalue weighted by Gasteiger charge is -2.26. The van der Waals surface area contributed by atoms with E-state index < -0.39 is 17.3 Å². The molecule has 0 spiro atoms. The van der Waals surface area contributed by atoms with Gasteiger partial charge >= 0.3 is 6.09 Å². The number of nitrogens with one attached hydrogen (secondary N) is 2. The Labute approximate surface area is 205 Å². The van der Waals surface area contributed by atoms with Crippen molar-refractivity contribution in [3.8, 4) is 0 Å². The lowest BCUT2D eigenvalue weighted by atomic mass is 10.0. The zero-order valence-corrected chi connectivity index (χ0v) is 21.0. The van der Waals surface area contributed by atoms with Gasteiger partial charge in [-0.25, -0.2) is 9.18 Å². The molecule has 2 N–H and O–H groups in total. The standard InChI is InChI=1S/C26H33ClFN3O3/c1-5-12-29-24(32)20-8-6-17(15-22(20)28)16-30-23-19-11-14-31(25(33)34-26(2,3)4)13-10-18(19)7-9-21(23)27/h6-9,15,30H,5,10-14,16H2,1-4H3,(H,29,32). The van der Waals surface area contributed by atoms with Gasteiger partial charge in [-0.1, -0.05) is 30.7 Å². The molecule has 0 aliphatic carbocycles. The van der Waals surface area contributed by atoms with E-state index in [4.69, 9.17) is 16.3 Å². The molecule has 0 atom stereocenters. The van der Waals surface area contributed by atoms with Crippen molar-refractivity contribution in [3.05, 3.63) is 63.4 Å². The minimum absolute atomic E-state index is 0.0334. The highest BCUT2D eigenvalue weighted by Crippen LogP contribution is 2.32. The number of ether oxygens (including phenoxy) is 1. The quantitative estimate of drug-likeness (QED) is 0.556. The fourth-order valence-corrected chi connectivity index (χ4v) is 4.12. The van der Waals surface area contributed by atoms with Crippen LogP contribution in [0.5, 0.6) is 0 Å². The van der Waals surface area contributed by atoms with Crippen molar-refractivity contribution in [2.75, 3.05) is 25.0 Å². The van der Waals surface area contributed by atoms with Crippen LogP contribution in [0, 0.1) is 5.82 Å². The number of carbonyl (C=O) groups excluding carboxylic acids is 2. The molecular weight excluding hydrogens is 457 g/mol. The number of hydrogen-bond acceptors (Lipinski definition) is 4. The van der Waals surface area contributed by atoms with Crippen molar-refractivity contribution in [2.24, 2.45) is 0 Å². The summed E-state index contributed by atoms with van der Waals surface area (Å²) in [4.78, 5) is 26.3. The number of anilines is 1.